The van der Waals surface area contributed by atoms with Gasteiger partial charge in [-0.1, -0.05) is 12.1 Å². The van der Waals surface area contributed by atoms with Gasteiger partial charge in [-0.25, -0.2) is 0 Å². The summed E-state index contributed by atoms with van der Waals surface area (Å²) >= 11 is 0. The van der Waals surface area contributed by atoms with Crippen LogP contribution >= 0.6 is 0 Å². The topological polar surface area (TPSA) is 62.4 Å². The van der Waals surface area contributed by atoms with E-state index in [0.717, 1.165) is 38.3 Å². The van der Waals surface area contributed by atoms with Crippen molar-refractivity contribution in [2.75, 3.05) is 19.6 Å². The van der Waals surface area contributed by atoms with Gasteiger partial charge in [-0.3, -0.25) is 0 Å². The lowest BCUT2D eigenvalue weighted by Gasteiger charge is -2.29. The minimum atomic E-state index is -0.426. The molecule has 1 atom stereocenters. The highest BCUT2D eigenvalue weighted by atomic mass is 16.5. The van der Waals surface area contributed by atoms with Gasteiger partial charge in [0.2, 0.25) is 5.89 Å². The normalized spacial score (nSPS) is 20.6. The first kappa shape index (κ1) is 12.5. The summed E-state index contributed by atoms with van der Waals surface area (Å²) in [6.07, 6.45) is 2.22. The molecule has 1 unspecified atom stereocenters. The number of rotatable bonds is 4. The number of aromatic nitrogens is 2. The van der Waals surface area contributed by atoms with Crippen LogP contribution in [-0.4, -0.2) is 45.9 Å². The molecule has 1 aliphatic heterocycles. The van der Waals surface area contributed by atoms with Crippen LogP contribution in [0.4, 0.5) is 0 Å². The lowest BCUT2D eigenvalue weighted by atomic mass is 9.96. The van der Waals surface area contributed by atoms with Gasteiger partial charge in [0.1, 0.15) is 0 Å². The van der Waals surface area contributed by atoms with Crippen molar-refractivity contribution in [3.8, 4) is 0 Å². The third-order valence-corrected chi connectivity index (χ3v) is 3.35. The molecule has 1 fully saturated rings. The second-order valence-corrected chi connectivity index (χ2v) is 4.81. The summed E-state index contributed by atoms with van der Waals surface area (Å²) in [7, 11) is 0. The van der Waals surface area contributed by atoms with Gasteiger partial charge in [-0.2, -0.15) is 4.98 Å². The first-order valence-corrected chi connectivity index (χ1v) is 6.42. The molecule has 0 radical (unpaired) electrons. The molecule has 1 aromatic heterocycles. The first-order chi connectivity index (χ1) is 8.19. The maximum Gasteiger partial charge on any atom is 0.229 e. The third-order valence-electron chi connectivity index (χ3n) is 3.35. The van der Waals surface area contributed by atoms with Crippen LogP contribution in [0.3, 0.4) is 0 Å². The second-order valence-electron chi connectivity index (χ2n) is 4.81. The van der Waals surface area contributed by atoms with Crippen LogP contribution in [0, 0.1) is 0 Å². The van der Waals surface area contributed by atoms with E-state index in [1.165, 1.54) is 0 Å². The number of nitrogens with zero attached hydrogens (tertiary/aromatic N) is 3. The predicted molar refractivity (Wildman–Crippen MR) is 63.8 cm³/mol. The van der Waals surface area contributed by atoms with Crippen LogP contribution in [-0.2, 0) is 6.42 Å². The van der Waals surface area contributed by atoms with E-state index < -0.39 is 6.10 Å². The van der Waals surface area contributed by atoms with Crippen molar-refractivity contribution >= 4 is 0 Å². The Morgan fingerprint density at radius 1 is 1.47 bits per heavy atom. The summed E-state index contributed by atoms with van der Waals surface area (Å²) in [5.41, 5.74) is 0. The maximum absolute atomic E-state index is 9.26. The monoisotopic (exact) mass is 239 g/mol. The summed E-state index contributed by atoms with van der Waals surface area (Å²) in [4.78, 5) is 6.81. The number of piperidine rings is 1. The molecule has 5 heteroatoms. The first-order valence-electron chi connectivity index (χ1n) is 6.42. The molecule has 1 aromatic rings. The van der Waals surface area contributed by atoms with Crippen molar-refractivity contribution in [2.45, 2.75) is 45.1 Å². The molecule has 1 N–H and O–H groups in total. The minimum absolute atomic E-state index is 0.421. The molecule has 0 spiro atoms. The molecule has 2 rings (SSSR count). The van der Waals surface area contributed by atoms with Gasteiger partial charge in [0.15, 0.2) is 5.82 Å². The smallest absolute Gasteiger partial charge is 0.229 e. The Morgan fingerprint density at radius 3 is 2.76 bits per heavy atom. The van der Waals surface area contributed by atoms with Crippen molar-refractivity contribution in [1.82, 2.24) is 15.0 Å². The van der Waals surface area contributed by atoms with Gasteiger partial charge in [0.25, 0.3) is 0 Å². The highest BCUT2D eigenvalue weighted by molar-refractivity contribution is 4.98. The average molecular weight is 239 g/mol. The van der Waals surface area contributed by atoms with Crippen molar-refractivity contribution in [1.29, 1.82) is 0 Å². The molecular weight excluding hydrogens is 218 g/mol. The quantitative estimate of drug-likeness (QED) is 0.855. The summed E-state index contributed by atoms with van der Waals surface area (Å²) in [5.74, 6) is 1.79. The van der Waals surface area contributed by atoms with Crippen molar-refractivity contribution < 1.29 is 9.63 Å². The van der Waals surface area contributed by atoms with Gasteiger partial charge < -0.3 is 14.5 Å². The van der Waals surface area contributed by atoms with E-state index in [1.54, 1.807) is 6.92 Å². The molecule has 1 saturated heterocycles. The van der Waals surface area contributed by atoms with Crippen LogP contribution in [0.5, 0.6) is 0 Å². The summed E-state index contributed by atoms with van der Waals surface area (Å²) in [6, 6.07) is 0. The van der Waals surface area contributed by atoms with Gasteiger partial charge in [-0.05, 0) is 39.4 Å². The number of aliphatic hydroxyl groups excluding tert-OH is 1. The van der Waals surface area contributed by atoms with Crippen LogP contribution < -0.4 is 0 Å². The lowest BCUT2D eigenvalue weighted by molar-refractivity contribution is 0.181. The van der Waals surface area contributed by atoms with Crippen LogP contribution in [0.25, 0.3) is 0 Å². The molecule has 0 saturated carbocycles. The third kappa shape index (κ3) is 3.26. The van der Waals surface area contributed by atoms with Crippen molar-refractivity contribution in [2.24, 2.45) is 0 Å². The Morgan fingerprint density at radius 2 is 2.18 bits per heavy atom. The standard InChI is InChI=1S/C12H21N3O2/c1-3-15-6-4-10(5-7-15)12-13-11(17-14-12)8-9(2)16/h9-10,16H,3-8H2,1-2H3. The zero-order valence-electron chi connectivity index (χ0n) is 10.6. The maximum atomic E-state index is 9.26. The van der Waals surface area contributed by atoms with Gasteiger partial charge >= 0.3 is 0 Å². The minimum Gasteiger partial charge on any atom is -0.393 e. The molecule has 5 nitrogen and oxygen atoms in total. The number of hydrogen-bond donors (Lipinski definition) is 1. The molecule has 0 amide bonds. The molecule has 0 aliphatic carbocycles. The molecule has 17 heavy (non-hydrogen) atoms. The fourth-order valence-corrected chi connectivity index (χ4v) is 2.28. The molecular formula is C12H21N3O2. The van der Waals surface area contributed by atoms with Crippen molar-refractivity contribution in [3.05, 3.63) is 11.7 Å². The van der Waals surface area contributed by atoms with Gasteiger partial charge in [-0.15, -0.1) is 0 Å². The Hall–Kier alpha value is -0.940. The second kappa shape index (κ2) is 5.60. The molecule has 2 heterocycles. The van der Waals surface area contributed by atoms with Gasteiger partial charge in [0, 0.05) is 5.92 Å². The average Bonchev–Trinajstić information content (AvgIpc) is 2.77. The Bertz CT molecular complexity index is 343. The Balaban J connectivity index is 1.92. The van der Waals surface area contributed by atoms with Crippen molar-refractivity contribution in [3.63, 3.8) is 0 Å². The summed E-state index contributed by atoms with van der Waals surface area (Å²) in [5, 5.41) is 13.3. The fraction of sp³-hybridized carbons (Fsp3) is 0.833. The van der Waals surface area contributed by atoms with E-state index in [4.69, 9.17) is 4.52 Å². The molecule has 1 aliphatic rings. The van der Waals surface area contributed by atoms with Gasteiger partial charge in [0.05, 0.1) is 12.5 Å². The Kier molecular flexibility index (Phi) is 4.12. The Labute approximate surface area is 102 Å². The van der Waals surface area contributed by atoms with E-state index in [0.29, 0.717) is 18.2 Å². The van der Waals surface area contributed by atoms with Crippen LogP contribution in [0.2, 0.25) is 0 Å². The highest BCUT2D eigenvalue weighted by Crippen LogP contribution is 2.25. The lowest BCUT2D eigenvalue weighted by Crippen LogP contribution is -2.32. The van der Waals surface area contributed by atoms with Crippen LogP contribution in [0.15, 0.2) is 4.52 Å². The highest BCUT2D eigenvalue weighted by Gasteiger charge is 2.23. The van der Waals surface area contributed by atoms with E-state index in [2.05, 4.69) is 22.0 Å². The van der Waals surface area contributed by atoms with E-state index in [-0.39, 0.29) is 0 Å². The number of likely N-dealkylation sites (tertiary alicyclic amines) is 1. The fourth-order valence-electron chi connectivity index (χ4n) is 2.28. The zero-order chi connectivity index (χ0) is 12.3. The predicted octanol–water partition coefficient (Wildman–Crippen LogP) is 1.19. The molecule has 0 bridgehead atoms. The van der Waals surface area contributed by atoms with E-state index >= 15 is 0 Å². The number of aliphatic hydroxyl groups is 1. The van der Waals surface area contributed by atoms with E-state index in [1.807, 2.05) is 0 Å². The summed E-state index contributed by atoms with van der Waals surface area (Å²) in [6.45, 7) is 7.26. The molecule has 96 valence electrons. The molecule has 0 aromatic carbocycles. The zero-order valence-corrected chi connectivity index (χ0v) is 10.6. The van der Waals surface area contributed by atoms with Crippen LogP contribution in [0.1, 0.15) is 44.3 Å². The summed E-state index contributed by atoms with van der Waals surface area (Å²) < 4.78 is 5.15. The largest absolute Gasteiger partial charge is 0.393 e. The SMILES string of the molecule is CCN1CCC(c2noc(CC(C)O)n2)CC1. The van der Waals surface area contributed by atoms with E-state index in [9.17, 15) is 5.11 Å². The number of hydrogen-bond acceptors (Lipinski definition) is 5.